The number of nitrogens with one attached hydrogen (secondary N) is 1. The van der Waals surface area contributed by atoms with Crippen molar-refractivity contribution in [1.82, 2.24) is 0 Å². The highest BCUT2D eigenvalue weighted by molar-refractivity contribution is 9.10. The molecule has 0 aliphatic heterocycles. The molecule has 0 aromatic heterocycles. The number of anilines is 1. The largest absolute Gasteiger partial charge is 0.322 e. The fourth-order valence-corrected chi connectivity index (χ4v) is 2.03. The average molecular weight is 361 g/mol. The number of hydrogen-bond acceptors (Lipinski definition) is 1. The highest BCUT2D eigenvalue weighted by Gasteiger charge is 2.15. The number of benzene rings is 2. The van der Waals surface area contributed by atoms with E-state index >= 15 is 0 Å². The van der Waals surface area contributed by atoms with Crippen LogP contribution in [0.25, 0.3) is 0 Å². The molecule has 2 aromatic rings. The summed E-state index contributed by atoms with van der Waals surface area (Å²) in [6, 6.07) is 6.66. The summed E-state index contributed by atoms with van der Waals surface area (Å²) in [6.45, 7) is 1.46. The fraction of sp³-hybridized carbons (Fsp3) is 0.0714. The summed E-state index contributed by atoms with van der Waals surface area (Å²) in [5, 5.41) is 2.92. The summed E-state index contributed by atoms with van der Waals surface area (Å²) < 4.78 is 27.4. The second-order valence-electron chi connectivity index (χ2n) is 4.16. The van der Waals surface area contributed by atoms with Crippen LogP contribution in [0.5, 0.6) is 0 Å². The lowest BCUT2D eigenvalue weighted by Gasteiger charge is -2.08. The Morgan fingerprint density at radius 3 is 2.55 bits per heavy atom. The maximum absolute atomic E-state index is 13.6. The van der Waals surface area contributed by atoms with Crippen LogP contribution in [-0.2, 0) is 0 Å². The number of aryl methyl sites for hydroxylation is 1. The Morgan fingerprint density at radius 2 is 1.90 bits per heavy atom. The van der Waals surface area contributed by atoms with E-state index in [0.29, 0.717) is 21.2 Å². The number of hydrogen-bond donors (Lipinski definition) is 1. The van der Waals surface area contributed by atoms with Gasteiger partial charge in [-0.15, -0.1) is 0 Å². The lowest BCUT2D eigenvalue weighted by atomic mass is 10.1. The number of amides is 1. The minimum atomic E-state index is -0.909. The molecule has 2 rings (SSSR count). The predicted molar refractivity (Wildman–Crippen MR) is 78.2 cm³/mol. The number of rotatable bonds is 2. The van der Waals surface area contributed by atoms with E-state index in [9.17, 15) is 13.6 Å². The zero-order valence-electron chi connectivity index (χ0n) is 10.3. The first-order chi connectivity index (χ1) is 9.38. The first kappa shape index (κ1) is 14.9. The molecule has 0 heterocycles. The Labute approximate surface area is 127 Å². The Hall–Kier alpha value is -1.46. The van der Waals surface area contributed by atoms with Crippen molar-refractivity contribution in [2.75, 3.05) is 5.32 Å². The first-order valence-corrected chi connectivity index (χ1v) is 6.77. The Balaban J connectivity index is 2.28. The van der Waals surface area contributed by atoms with Gasteiger partial charge in [0.2, 0.25) is 0 Å². The van der Waals surface area contributed by atoms with Crippen LogP contribution < -0.4 is 5.32 Å². The minimum Gasteiger partial charge on any atom is -0.322 e. The molecule has 0 spiro atoms. The molecule has 1 N–H and O–H groups in total. The highest BCUT2D eigenvalue weighted by Crippen LogP contribution is 2.26. The lowest BCUT2D eigenvalue weighted by molar-refractivity contribution is 0.102. The summed E-state index contributed by atoms with van der Waals surface area (Å²) in [5.41, 5.74) is 0.401. The molecular formula is C14H9BrClF2NO. The lowest BCUT2D eigenvalue weighted by Crippen LogP contribution is -2.14. The van der Waals surface area contributed by atoms with E-state index in [1.165, 1.54) is 19.1 Å². The molecule has 2 nitrogen and oxygen atoms in total. The van der Waals surface area contributed by atoms with E-state index in [0.717, 1.165) is 0 Å². The summed E-state index contributed by atoms with van der Waals surface area (Å²) in [7, 11) is 0. The molecule has 0 saturated carbocycles. The van der Waals surface area contributed by atoms with Crippen LogP contribution in [0.4, 0.5) is 14.5 Å². The van der Waals surface area contributed by atoms with Crippen LogP contribution in [0.2, 0.25) is 5.02 Å². The third kappa shape index (κ3) is 3.16. The summed E-state index contributed by atoms with van der Waals surface area (Å²) in [6.07, 6.45) is 0. The predicted octanol–water partition coefficient (Wildman–Crippen LogP) is 4.94. The molecule has 0 aliphatic rings. The molecule has 0 aliphatic carbocycles. The Morgan fingerprint density at radius 1 is 1.20 bits per heavy atom. The third-order valence-electron chi connectivity index (χ3n) is 2.67. The van der Waals surface area contributed by atoms with Crippen LogP contribution in [0, 0.1) is 18.6 Å². The van der Waals surface area contributed by atoms with E-state index in [1.807, 2.05) is 0 Å². The molecule has 0 bridgehead atoms. The highest BCUT2D eigenvalue weighted by atomic mass is 79.9. The zero-order valence-corrected chi connectivity index (χ0v) is 12.6. The zero-order chi connectivity index (χ0) is 14.9. The number of carbonyl (C=O) groups is 1. The normalized spacial score (nSPS) is 10.4. The van der Waals surface area contributed by atoms with Gasteiger partial charge in [-0.05, 0) is 52.7 Å². The van der Waals surface area contributed by atoms with Crippen molar-refractivity contribution in [2.24, 2.45) is 0 Å². The van der Waals surface area contributed by atoms with Crippen LogP contribution in [0.1, 0.15) is 15.9 Å². The molecule has 0 atom stereocenters. The monoisotopic (exact) mass is 359 g/mol. The maximum Gasteiger partial charge on any atom is 0.258 e. The van der Waals surface area contributed by atoms with Crippen molar-refractivity contribution < 1.29 is 13.6 Å². The van der Waals surface area contributed by atoms with E-state index in [-0.39, 0.29) is 11.1 Å². The molecule has 0 saturated heterocycles. The van der Waals surface area contributed by atoms with Crippen LogP contribution in [-0.4, -0.2) is 5.91 Å². The van der Waals surface area contributed by atoms with Crippen molar-refractivity contribution in [3.05, 3.63) is 62.6 Å². The van der Waals surface area contributed by atoms with Gasteiger partial charge in [0, 0.05) is 16.2 Å². The van der Waals surface area contributed by atoms with Gasteiger partial charge in [0.15, 0.2) is 0 Å². The van der Waals surface area contributed by atoms with E-state index < -0.39 is 17.5 Å². The van der Waals surface area contributed by atoms with Gasteiger partial charge in [-0.25, -0.2) is 8.78 Å². The standard InChI is InChI=1S/C14H9BrClF2NO/c1-7-4-9(13(18)6-12(7)17)14(20)19-8-2-3-10(15)11(16)5-8/h2-6H,1H3,(H,19,20). The van der Waals surface area contributed by atoms with Crippen LogP contribution in [0.3, 0.4) is 0 Å². The number of carbonyl (C=O) groups excluding carboxylic acids is 1. The molecule has 6 heteroatoms. The van der Waals surface area contributed by atoms with Gasteiger partial charge in [-0.3, -0.25) is 4.79 Å². The average Bonchev–Trinajstić information content (AvgIpc) is 2.38. The number of halogens is 4. The molecule has 1 amide bonds. The van der Waals surface area contributed by atoms with Gasteiger partial charge >= 0.3 is 0 Å². The van der Waals surface area contributed by atoms with Gasteiger partial charge < -0.3 is 5.32 Å². The first-order valence-electron chi connectivity index (χ1n) is 5.60. The van der Waals surface area contributed by atoms with Crippen molar-refractivity contribution in [3.63, 3.8) is 0 Å². The second kappa shape index (κ2) is 5.89. The quantitative estimate of drug-likeness (QED) is 0.807. The van der Waals surface area contributed by atoms with Crippen LogP contribution >= 0.6 is 27.5 Å². The second-order valence-corrected chi connectivity index (χ2v) is 5.43. The van der Waals surface area contributed by atoms with Crippen molar-refractivity contribution in [3.8, 4) is 0 Å². The minimum absolute atomic E-state index is 0.199. The van der Waals surface area contributed by atoms with E-state index in [4.69, 9.17) is 11.6 Å². The SMILES string of the molecule is Cc1cc(C(=O)Nc2ccc(Br)c(Cl)c2)c(F)cc1F. The summed E-state index contributed by atoms with van der Waals surface area (Å²) >= 11 is 9.12. The molecule has 104 valence electrons. The van der Waals surface area contributed by atoms with Gasteiger partial charge in [0.25, 0.3) is 5.91 Å². The topological polar surface area (TPSA) is 29.1 Å². The van der Waals surface area contributed by atoms with Crippen LogP contribution in [0.15, 0.2) is 34.8 Å². The summed E-state index contributed by atoms with van der Waals surface area (Å²) in [5.74, 6) is -2.26. The molecule has 2 aromatic carbocycles. The van der Waals surface area contributed by atoms with Crippen molar-refractivity contribution in [1.29, 1.82) is 0 Å². The molecule has 20 heavy (non-hydrogen) atoms. The molecule has 0 fully saturated rings. The smallest absolute Gasteiger partial charge is 0.258 e. The van der Waals surface area contributed by atoms with Gasteiger partial charge in [0.05, 0.1) is 10.6 Å². The maximum atomic E-state index is 13.6. The van der Waals surface area contributed by atoms with E-state index in [1.54, 1.807) is 12.1 Å². The fourth-order valence-electron chi connectivity index (χ4n) is 1.60. The van der Waals surface area contributed by atoms with E-state index in [2.05, 4.69) is 21.2 Å². The molecule has 0 unspecified atom stereocenters. The van der Waals surface area contributed by atoms with Crippen molar-refractivity contribution >= 4 is 39.1 Å². The van der Waals surface area contributed by atoms with Gasteiger partial charge in [-0.2, -0.15) is 0 Å². The van der Waals surface area contributed by atoms with Gasteiger partial charge in [-0.1, -0.05) is 11.6 Å². The Bertz CT molecular complexity index is 691. The van der Waals surface area contributed by atoms with Crippen molar-refractivity contribution in [2.45, 2.75) is 6.92 Å². The third-order valence-corrected chi connectivity index (χ3v) is 3.90. The molecular weight excluding hydrogens is 352 g/mol. The Kier molecular flexibility index (Phi) is 4.40. The summed E-state index contributed by atoms with van der Waals surface area (Å²) in [4.78, 5) is 12.0. The van der Waals surface area contributed by atoms with Gasteiger partial charge in [0.1, 0.15) is 11.6 Å². The molecule has 0 radical (unpaired) electrons.